The molecule has 0 saturated carbocycles. The Kier molecular flexibility index (Phi) is 6.18. The molecule has 0 amide bonds. The lowest BCUT2D eigenvalue weighted by molar-refractivity contribution is 0.169. The Hall–Kier alpha value is -0.150. The number of hydrogen-bond acceptors (Lipinski definition) is 2. The van der Waals surface area contributed by atoms with Crippen molar-refractivity contribution in [3.05, 3.63) is 0 Å². The van der Waals surface area contributed by atoms with Crippen LogP contribution in [-0.2, 0) is 0 Å². The molecule has 0 aromatic heterocycles. The van der Waals surface area contributed by atoms with E-state index in [1.165, 1.54) is 45.3 Å². The van der Waals surface area contributed by atoms with Gasteiger partial charge in [-0.15, -0.1) is 0 Å². The van der Waals surface area contributed by atoms with Crippen LogP contribution in [0, 0.1) is 5.92 Å². The van der Waals surface area contributed by atoms with Gasteiger partial charge >= 0.3 is 0 Å². The lowest BCUT2D eigenvalue weighted by Gasteiger charge is -2.32. The van der Waals surface area contributed by atoms with E-state index in [0.717, 1.165) is 18.8 Å². The summed E-state index contributed by atoms with van der Waals surface area (Å²) in [6.07, 6.45) is 7.47. The third-order valence-electron chi connectivity index (χ3n) is 3.33. The average molecular weight is 228 g/mol. The van der Waals surface area contributed by atoms with E-state index in [-0.39, 0.29) is 0 Å². The van der Waals surface area contributed by atoms with Gasteiger partial charge in [0.25, 0.3) is 0 Å². The average Bonchev–Trinajstić information content (AvgIpc) is 2.24. The Morgan fingerprint density at radius 3 is 2.93 bits per heavy atom. The van der Waals surface area contributed by atoms with E-state index in [0.29, 0.717) is 4.99 Å². The van der Waals surface area contributed by atoms with Gasteiger partial charge in [-0.1, -0.05) is 25.6 Å². The maximum atomic E-state index is 5.47. The van der Waals surface area contributed by atoms with Gasteiger partial charge in [0.1, 0.15) is 0 Å². The smallest absolute Gasteiger partial charge is 0.0727 e. The highest BCUT2D eigenvalue weighted by Crippen LogP contribution is 2.19. The van der Waals surface area contributed by atoms with Gasteiger partial charge in [-0.05, 0) is 51.1 Å². The predicted octanol–water partition coefficient (Wildman–Crippen LogP) is 2.56. The third kappa shape index (κ3) is 5.47. The number of nitrogens with zero attached hydrogens (tertiary/aromatic N) is 1. The summed E-state index contributed by atoms with van der Waals surface area (Å²) in [5, 5.41) is 0. The standard InChI is InChI=1S/C12H24N2S/c1-2-11-6-5-9-14(10-11)8-4-3-7-12(13)15/h11H,2-10H2,1H3,(H2,13,15). The first-order valence-corrected chi connectivity index (χ1v) is 6.64. The van der Waals surface area contributed by atoms with Crippen molar-refractivity contribution in [2.45, 2.75) is 45.4 Å². The van der Waals surface area contributed by atoms with Crippen molar-refractivity contribution in [2.24, 2.45) is 11.7 Å². The van der Waals surface area contributed by atoms with Gasteiger partial charge in [-0.2, -0.15) is 0 Å². The zero-order chi connectivity index (χ0) is 11.1. The highest BCUT2D eigenvalue weighted by molar-refractivity contribution is 7.80. The molecular formula is C12H24N2S. The predicted molar refractivity (Wildman–Crippen MR) is 70.1 cm³/mol. The second kappa shape index (κ2) is 7.18. The number of piperidine rings is 1. The molecule has 0 aromatic carbocycles. The minimum absolute atomic E-state index is 0.667. The molecule has 1 rings (SSSR count). The molecule has 0 spiro atoms. The van der Waals surface area contributed by atoms with Gasteiger partial charge in [-0.25, -0.2) is 0 Å². The number of unbranched alkanes of at least 4 members (excludes halogenated alkanes) is 1. The van der Waals surface area contributed by atoms with Crippen LogP contribution in [0.2, 0.25) is 0 Å². The summed E-state index contributed by atoms with van der Waals surface area (Å²) in [5.41, 5.74) is 5.47. The molecule has 2 N–H and O–H groups in total. The van der Waals surface area contributed by atoms with E-state index >= 15 is 0 Å². The highest BCUT2D eigenvalue weighted by Gasteiger charge is 2.17. The van der Waals surface area contributed by atoms with Crippen LogP contribution in [0.5, 0.6) is 0 Å². The van der Waals surface area contributed by atoms with Crippen molar-refractivity contribution < 1.29 is 0 Å². The largest absolute Gasteiger partial charge is 0.393 e. The first kappa shape index (κ1) is 12.9. The van der Waals surface area contributed by atoms with Gasteiger partial charge in [0.15, 0.2) is 0 Å². The molecule has 0 bridgehead atoms. The van der Waals surface area contributed by atoms with Crippen LogP contribution >= 0.6 is 12.2 Å². The van der Waals surface area contributed by atoms with Crippen LogP contribution in [0.3, 0.4) is 0 Å². The van der Waals surface area contributed by atoms with Gasteiger partial charge in [0, 0.05) is 6.54 Å². The topological polar surface area (TPSA) is 29.3 Å². The minimum atomic E-state index is 0.667. The van der Waals surface area contributed by atoms with E-state index in [1.54, 1.807) is 0 Å². The fourth-order valence-corrected chi connectivity index (χ4v) is 2.47. The van der Waals surface area contributed by atoms with Crippen molar-refractivity contribution in [3.63, 3.8) is 0 Å². The first-order chi connectivity index (χ1) is 7.22. The summed E-state index contributed by atoms with van der Waals surface area (Å²) in [7, 11) is 0. The molecule has 0 radical (unpaired) electrons. The Morgan fingerprint density at radius 2 is 2.27 bits per heavy atom. The number of likely N-dealkylation sites (tertiary alicyclic amines) is 1. The lowest BCUT2D eigenvalue weighted by Crippen LogP contribution is -2.35. The molecule has 15 heavy (non-hydrogen) atoms. The van der Waals surface area contributed by atoms with Crippen molar-refractivity contribution in [1.29, 1.82) is 0 Å². The fraction of sp³-hybridized carbons (Fsp3) is 0.917. The second-order valence-corrected chi connectivity index (χ2v) is 5.16. The molecule has 1 aliphatic rings. The Morgan fingerprint density at radius 1 is 1.47 bits per heavy atom. The Bertz CT molecular complexity index is 194. The number of hydrogen-bond donors (Lipinski definition) is 1. The Labute approximate surface area is 99.2 Å². The van der Waals surface area contributed by atoms with E-state index in [1.807, 2.05) is 0 Å². The third-order valence-corrected chi connectivity index (χ3v) is 3.53. The maximum Gasteiger partial charge on any atom is 0.0727 e. The SMILES string of the molecule is CCC1CCCN(CCCCC(N)=S)C1. The van der Waals surface area contributed by atoms with Crippen molar-refractivity contribution in [3.8, 4) is 0 Å². The summed E-state index contributed by atoms with van der Waals surface area (Å²) < 4.78 is 0. The van der Waals surface area contributed by atoms with Gasteiger partial charge in [0.05, 0.1) is 4.99 Å². The molecule has 1 aliphatic heterocycles. The number of thiocarbonyl (C=S) groups is 1. The second-order valence-electron chi connectivity index (χ2n) is 4.64. The minimum Gasteiger partial charge on any atom is -0.393 e. The molecule has 3 heteroatoms. The van der Waals surface area contributed by atoms with Crippen LogP contribution < -0.4 is 5.73 Å². The van der Waals surface area contributed by atoms with Crippen LogP contribution in [0.4, 0.5) is 0 Å². The van der Waals surface area contributed by atoms with E-state index in [9.17, 15) is 0 Å². The monoisotopic (exact) mass is 228 g/mol. The summed E-state index contributed by atoms with van der Waals surface area (Å²) in [5.74, 6) is 0.939. The first-order valence-electron chi connectivity index (χ1n) is 6.23. The van der Waals surface area contributed by atoms with Crippen LogP contribution in [0.25, 0.3) is 0 Å². The van der Waals surface area contributed by atoms with Crippen LogP contribution in [-0.4, -0.2) is 29.5 Å². The zero-order valence-electron chi connectivity index (χ0n) is 9.87. The van der Waals surface area contributed by atoms with Gasteiger partial charge < -0.3 is 10.6 Å². The van der Waals surface area contributed by atoms with Crippen molar-refractivity contribution in [2.75, 3.05) is 19.6 Å². The zero-order valence-corrected chi connectivity index (χ0v) is 10.7. The quantitative estimate of drug-likeness (QED) is 0.559. The molecule has 1 atom stereocenters. The molecule has 1 heterocycles. The summed E-state index contributed by atoms with van der Waals surface area (Å²) in [6.45, 7) is 6.15. The summed E-state index contributed by atoms with van der Waals surface area (Å²) >= 11 is 4.87. The molecular weight excluding hydrogens is 204 g/mol. The summed E-state index contributed by atoms with van der Waals surface area (Å²) in [6, 6.07) is 0. The maximum absolute atomic E-state index is 5.47. The van der Waals surface area contributed by atoms with Gasteiger partial charge in [0.2, 0.25) is 0 Å². The molecule has 1 fully saturated rings. The van der Waals surface area contributed by atoms with E-state index < -0.39 is 0 Å². The fourth-order valence-electron chi connectivity index (χ4n) is 2.32. The molecule has 0 aliphatic carbocycles. The Balaban J connectivity index is 2.07. The number of rotatable bonds is 6. The van der Waals surface area contributed by atoms with Crippen LogP contribution in [0.1, 0.15) is 45.4 Å². The van der Waals surface area contributed by atoms with Crippen molar-refractivity contribution in [1.82, 2.24) is 4.90 Å². The molecule has 2 nitrogen and oxygen atoms in total. The van der Waals surface area contributed by atoms with Gasteiger partial charge in [-0.3, -0.25) is 0 Å². The van der Waals surface area contributed by atoms with E-state index in [2.05, 4.69) is 11.8 Å². The molecule has 88 valence electrons. The van der Waals surface area contributed by atoms with E-state index in [4.69, 9.17) is 18.0 Å². The molecule has 1 saturated heterocycles. The lowest BCUT2D eigenvalue weighted by atomic mass is 9.95. The highest BCUT2D eigenvalue weighted by atomic mass is 32.1. The summed E-state index contributed by atoms with van der Waals surface area (Å²) in [4.78, 5) is 3.28. The molecule has 1 unspecified atom stereocenters. The van der Waals surface area contributed by atoms with Crippen LogP contribution in [0.15, 0.2) is 0 Å². The van der Waals surface area contributed by atoms with Crippen molar-refractivity contribution >= 4 is 17.2 Å². The normalized spacial score (nSPS) is 22.9. The molecule has 0 aromatic rings. The number of nitrogens with two attached hydrogens (primary N) is 1.